The van der Waals surface area contributed by atoms with Crippen LogP contribution in [0.25, 0.3) is 0 Å². The molecule has 106 valence electrons. The van der Waals surface area contributed by atoms with Crippen molar-refractivity contribution in [3.63, 3.8) is 0 Å². The predicted molar refractivity (Wildman–Crippen MR) is 78.7 cm³/mol. The van der Waals surface area contributed by atoms with E-state index in [2.05, 4.69) is 18.7 Å². The molecular weight excluding hydrogens is 220 g/mol. The summed E-state index contributed by atoms with van der Waals surface area (Å²) in [5.41, 5.74) is 6.42. The molecule has 2 N–H and O–H groups in total. The Kier molecular flexibility index (Phi) is 5.08. The second-order valence-electron chi connectivity index (χ2n) is 6.75. The van der Waals surface area contributed by atoms with Gasteiger partial charge >= 0.3 is 0 Å². The largest absolute Gasteiger partial charge is 0.329 e. The number of unbranched alkanes of at least 4 members (excludes halogenated alkanes) is 2. The summed E-state index contributed by atoms with van der Waals surface area (Å²) in [5.74, 6) is 0.982. The van der Waals surface area contributed by atoms with Crippen LogP contribution in [0.5, 0.6) is 0 Å². The molecule has 3 unspecified atom stereocenters. The first kappa shape index (κ1) is 14.3. The van der Waals surface area contributed by atoms with E-state index in [1.807, 2.05) is 0 Å². The molecule has 2 nitrogen and oxygen atoms in total. The van der Waals surface area contributed by atoms with Gasteiger partial charge in [-0.1, -0.05) is 39.0 Å². The molecule has 1 saturated carbocycles. The number of nitrogens with two attached hydrogens (primary N) is 1. The molecule has 0 aromatic rings. The van der Waals surface area contributed by atoms with Crippen molar-refractivity contribution < 1.29 is 0 Å². The molecule has 0 bridgehead atoms. The number of fused-ring (bicyclic) bond motifs is 1. The highest BCUT2D eigenvalue weighted by Crippen LogP contribution is 2.40. The third-order valence-corrected chi connectivity index (χ3v) is 5.46. The number of nitrogens with zero attached hydrogens (tertiary/aromatic N) is 1. The predicted octanol–water partition coefficient (Wildman–Crippen LogP) is 3.55. The van der Waals surface area contributed by atoms with Gasteiger partial charge < -0.3 is 5.73 Å². The van der Waals surface area contributed by atoms with E-state index in [4.69, 9.17) is 5.73 Å². The second kappa shape index (κ2) is 6.38. The van der Waals surface area contributed by atoms with E-state index < -0.39 is 0 Å². The van der Waals surface area contributed by atoms with Crippen LogP contribution in [0.3, 0.4) is 0 Å². The van der Waals surface area contributed by atoms with Gasteiger partial charge in [0.1, 0.15) is 0 Å². The average molecular weight is 252 g/mol. The minimum absolute atomic E-state index is 0.270. The van der Waals surface area contributed by atoms with Crippen LogP contribution in [-0.4, -0.2) is 29.6 Å². The lowest BCUT2D eigenvalue weighted by Crippen LogP contribution is -2.54. The molecule has 0 amide bonds. The number of rotatable bonds is 6. The van der Waals surface area contributed by atoms with E-state index in [9.17, 15) is 0 Å². The van der Waals surface area contributed by atoms with E-state index in [1.54, 1.807) is 0 Å². The molecule has 18 heavy (non-hydrogen) atoms. The molecule has 2 fully saturated rings. The number of likely N-dealkylation sites (tertiary alicyclic amines) is 1. The third kappa shape index (κ3) is 2.91. The lowest BCUT2D eigenvalue weighted by Gasteiger charge is -2.44. The van der Waals surface area contributed by atoms with Crippen molar-refractivity contribution in [3.05, 3.63) is 0 Å². The van der Waals surface area contributed by atoms with Gasteiger partial charge in [0, 0.05) is 18.1 Å². The maximum atomic E-state index is 6.15. The molecule has 2 heteroatoms. The molecule has 0 spiro atoms. The minimum Gasteiger partial charge on any atom is -0.329 e. The van der Waals surface area contributed by atoms with E-state index >= 15 is 0 Å². The first-order valence-electron chi connectivity index (χ1n) is 8.18. The van der Waals surface area contributed by atoms with Crippen molar-refractivity contribution >= 4 is 0 Å². The van der Waals surface area contributed by atoms with Crippen LogP contribution in [-0.2, 0) is 0 Å². The van der Waals surface area contributed by atoms with Crippen LogP contribution in [0.1, 0.15) is 71.6 Å². The standard InChI is InChI=1S/C16H32N2/c1-3-4-7-11-16(2,13-17)18-12-10-14-8-5-6-9-15(14)18/h14-15H,3-13,17H2,1-2H3. The summed E-state index contributed by atoms with van der Waals surface area (Å²) in [5, 5.41) is 0. The van der Waals surface area contributed by atoms with Crippen LogP contribution < -0.4 is 5.73 Å². The molecule has 2 aliphatic rings. The summed E-state index contributed by atoms with van der Waals surface area (Å²) >= 11 is 0. The quantitative estimate of drug-likeness (QED) is 0.733. The van der Waals surface area contributed by atoms with Gasteiger partial charge in [-0.15, -0.1) is 0 Å². The summed E-state index contributed by atoms with van der Waals surface area (Å²) < 4.78 is 0. The Morgan fingerprint density at radius 2 is 1.94 bits per heavy atom. The average Bonchev–Trinajstić information content (AvgIpc) is 2.83. The monoisotopic (exact) mass is 252 g/mol. The van der Waals surface area contributed by atoms with Gasteiger partial charge in [0.2, 0.25) is 0 Å². The van der Waals surface area contributed by atoms with Crippen LogP contribution in [0.2, 0.25) is 0 Å². The maximum absolute atomic E-state index is 6.15. The van der Waals surface area contributed by atoms with E-state index in [0.29, 0.717) is 0 Å². The molecule has 1 saturated heterocycles. The fourth-order valence-corrected chi connectivity index (χ4v) is 4.19. The number of hydrogen-bond acceptors (Lipinski definition) is 2. The highest BCUT2D eigenvalue weighted by molar-refractivity contribution is 4.99. The van der Waals surface area contributed by atoms with Gasteiger partial charge in [-0.3, -0.25) is 4.90 Å². The van der Waals surface area contributed by atoms with E-state index in [0.717, 1.165) is 18.5 Å². The van der Waals surface area contributed by atoms with Gasteiger partial charge in [0.15, 0.2) is 0 Å². The summed E-state index contributed by atoms with van der Waals surface area (Å²) in [6.07, 6.45) is 12.5. The Hall–Kier alpha value is -0.0800. The van der Waals surface area contributed by atoms with Gasteiger partial charge in [0.25, 0.3) is 0 Å². The molecule has 1 aliphatic heterocycles. The summed E-state index contributed by atoms with van der Waals surface area (Å²) in [6, 6.07) is 0.855. The highest BCUT2D eigenvalue weighted by Gasteiger charge is 2.43. The fourth-order valence-electron chi connectivity index (χ4n) is 4.19. The highest BCUT2D eigenvalue weighted by atomic mass is 15.3. The zero-order chi connectivity index (χ0) is 13.0. The summed E-state index contributed by atoms with van der Waals surface area (Å²) in [6.45, 7) is 6.83. The molecule has 2 rings (SSSR count). The van der Waals surface area contributed by atoms with Crippen molar-refractivity contribution in [1.29, 1.82) is 0 Å². The molecule has 0 radical (unpaired) electrons. The van der Waals surface area contributed by atoms with Gasteiger partial charge in [-0.05, 0) is 45.1 Å². The second-order valence-corrected chi connectivity index (χ2v) is 6.75. The Morgan fingerprint density at radius 3 is 2.67 bits per heavy atom. The zero-order valence-corrected chi connectivity index (χ0v) is 12.5. The van der Waals surface area contributed by atoms with E-state index in [1.165, 1.54) is 64.3 Å². The van der Waals surface area contributed by atoms with Crippen LogP contribution in [0.15, 0.2) is 0 Å². The minimum atomic E-state index is 0.270. The Balaban J connectivity index is 1.98. The van der Waals surface area contributed by atoms with Crippen LogP contribution >= 0.6 is 0 Å². The summed E-state index contributed by atoms with van der Waals surface area (Å²) in [4.78, 5) is 2.80. The van der Waals surface area contributed by atoms with Crippen molar-refractivity contribution in [2.45, 2.75) is 83.2 Å². The van der Waals surface area contributed by atoms with Crippen molar-refractivity contribution in [2.75, 3.05) is 13.1 Å². The smallest absolute Gasteiger partial charge is 0.0306 e. The normalized spacial score (nSPS) is 32.2. The zero-order valence-electron chi connectivity index (χ0n) is 12.5. The molecule has 1 heterocycles. The first-order valence-corrected chi connectivity index (χ1v) is 8.18. The number of hydrogen-bond donors (Lipinski definition) is 1. The maximum Gasteiger partial charge on any atom is 0.0306 e. The van der Waals surface area contributed by atoms with Crippen LogP contribution in [0.4, 0.5) is 0 Å². The summed E-state index contributed by atoms with van der Waals surface area (Å²) in [7, 11) is 0. The third-order valence-electron chi connectivity index (χ3n) is 5.46. The molecule has 1 aliphatic carbocycles. The van der Waals surface area contributed by atoms with E-state index in [-0.39, 0.29) is 5.54 Å². The molecule has 0 aromatic carbocycles. The lowest BCUT2D eigenvalue weighted by molar-refractivity contribution is 0.0589. The Labute approximate surface area is 113 Å². The van der Waals surface area contributed by atoms with Gasteiger partial charge in [-0.2, -0.15) is 0 Å². The van der Waals surface area contributed by atoms with Crippen molar-refractivity contribution in [3.8, 4) is 0 Å². The molecule has 3 atom stereocenters. The topological polar surface area (TPSA) is 29.3 Å². The van der Waals surface area contributed by atoms with Gasteiger partial charge in [-0.25, -0.2) is 0 Å². The first-order chi connectivity index (χ1) is 8.71. The van der Waals surface area contributed by atoms with Crippen LogP contribution in [0, 0.1) is 5.92 Å². The fraction of sp³-hybridized carbons (Fsp3) is 1.00. The lowest BCUT2D eigenvalue weighted by atomic mass is 9.83. The van der Waals surface area contributed by atoms with Crippen molar-refractivity contribution in [1.82, 2.24) is 4.90 Å². The molecule has 0 aromatic heterocycles. The Bertz CT molecular complexity index is 253. The van der Waals surface area contributed by atoms with Gasteiger partial charge in [0.05, 0.1) is 0 Å². The SMILES string of the molecule is CCCCCC(C)(CN)N1CCC2CCCCC21. The van der Waals surface area contributed by atoms with Crippen molar-refractivity contribution in [2.24, 2.45) is 11.7 Å². The Morgan fingerprint density at radius 1 is 1.17 bits per heavy atom. The molecular formula is C16H32N2.